The Bertz CT molecular complexity index is 1660. The van der Waals surface area contributed by atoms with Gasteiger partial charge in [-0.05, 0) is 31.9 Å². The highest BCUT2D eigenvalue weighted by Gasteiger charge is 2.54. The first-order valence-electron chi connectivity index (χ1n) is 14.4. The van der Waals surface area contributed by atoms with Gasteiger partial charge in [-0.25, -0.2) is 28.1 Å². The van der Waals surface area contributed by atoms with Crippen LogP contribution < -0.4 is 15.4 Å². The Morgan fingerprint density at radius 1 is 1.09 bits per heavy atom. The van der Waals surface area contributed by atoms with Crippen molar-refractivity contribution in [3.8, 4) is 0 Å². The number of aromatic nitrogens is 4. The van der Waals surface area contributed by atoms with Crippen molar-refractivity contribution in [1.82, 2.24) is 29.6 Å². The summed E-state index contributed by atoms with van der Waals surface area (Å²) in [6.45, 7) is 4.87. The van der Waals surface area contributed by atoms with Gasteiger partial charge in [0, 0.05) is 19.0 Å². The molecule has 3 unspecified atom stereocenters. The summed E-state index contributed by atoms with van der Waals surface area (Å²) in [5, 5.41) is 27.2. The van der Waals surface area contributed by atoms with E-state index in [4.69, 9.17) is 4.74 Å². The first-order chi connectivity index (χ1) is 21.0. The van der Waals surface area contributed by atoms with Crippen molar-refractivity contribution in [2.45, 2.75) is 56.4 Å². The molecule has 1 fully saturated rings. The van der Waals surface area contributed by atoms with Gasteiger partial charge < -0.3 is 25.6 Å². The number of imidazole rings is 1. The third-order valence-corrected chi connectivity index (χ3v) is 9.42. The maximum atomic E-state index is 12.6. The Hall–Kier alpha value is -3.95. The monoisotopic (exact) mass is 623 g/mol. The van der Waals surface area contributed by atoms with Crippen LogP contribution in [0.2, 0.25) is 0 Å². The van der Waals surface area contributed by atoms with Crippen molar-refractivity contribution >= 4 is 32.9 Å². The van der Waals surface area contributed by atoms with Crippen LogP contribution >= 0.6 is 0 Å². The summed E-state index contributed by atoms with van der Waals surface area (Å²) in [7, 11) is -3.63. The van der Waals surface area contributed by atoms with Crippen LogP contribution in [-0.4, -0.2) is 80.7 Å². The largest absolute Gasteiger partial charge is 0.385 e. The minimum atomic E-state index is -3.63. The second-order valence-electron chi connectivity index (χ2n) is 10.9. The lowest BCUT2D eigenvalue weighted by atomic mass is 9.91. The Morgan fingerprint density at radius 3 is 2.32 bits per heavy atom. The molecule has 0 radical (unpaired) electrons. The average molecular weight is 624 g/mol. The van der Waals surface area contributed by atoms with Crippen LogP contribution in [0.3, 0.4) is 0 Å². The molecular formula is C30H37N7O6S. The van der Waals surface area contributed by atoms with E-state index in [0.717, 1.165) is 11.1 Å². The highest BCUT2D eigenvalue weighted by molar-refractivity contribution is 7.90. The van der Waals surface area contributed by atoms with E-state index in [0.29, 0.717) is 17.9 Å². The first-order valence-corrected chi connectivity index (χ1v) is 16.0. The fourth-order valence-electron chi connectivity index (χ4n) is 5.05. The maximum Gasteiger partial charge on any atom is 0.257 e. The molecule has 5 N–H and O–H groups in total. The van der Waals surface area contributed by atoms with E-state index < -0.39 is 45.7 Å². The van der Waals surface area contributed by atoms with Crippen molar-refractivity contribution in [2.24, 2.45) is 0 Å². The molecule has 3 atom stereocenters. The summed E-state index contributed by atoms with van der Waals surface area (Å²) in [5.41, 5.74) is 0.545. The number of nitrogens with zero attached hydrogens (tertiary/aromatic N) is 4. The minimum Gasteiger partial charge on any atom is -0.385 e. The molecule has 2 aromatic heterocycles. The summed E-state index contributed by atoms with van der Waals surface area (Å²) in [6.07, 6.45) is -1.45. The van der Waals surface area contributed by atoms with Crippen molar-refractivity contribution in [3.05, 3.63) is 83.9 Å². The summed E-state index contributed by atoms with van der Waals surface area (Å²) < 4.78 is 34.7. The van der Waals surface area contributed by atoms with Crippen LogP contribution in [-0.2, 0) is 26.1 Å². The molecule has 1 aliphatic heterocycles. The normalized spacial score (nSPS) is 20.4. The first kappa shape index (κ1) is 31.5. The number of aliphatic hydroxyl groups excluding tert-OH is 1. The van der Waals surface area contributed by atoms with Crippen molar-refractivity contribution in [3.63, 3.8) is 0 Å². The molecule has 1 aliphatic rings. The smallest absolute Gasteiger partial charge is 0.257 e. The number of sulfonamides is 1. The maximum absolute atomic E-state index is 12.6. The Balaban J connectivity index is 1.52. The molecule has 234 valence electrons. The Kier molecular flexibility index (Phi) is 9.27. The molecule has 1 amide bonds. The predicted molar refractivity (Wildman–Crippen MR) is 164 cm³/mol. The number of hydrogen-bond acceptors (Lipinski definition) is 10. The molecule has 2 aromatic carbocycles. The van der Waals surface area contributed by atoms with E-state index in [1.165, 1.54) is 10.9 Å². The molecule has 1 saturated heterocycles. The lowest BCUT2D eigenvalue weighted by Crippen LogP contribution is -2.55. The third kappa shape index (κ3) is 6.30. The SMILES string of the molecule is CCNC(=O)C1(O)COC(n2cnc3c(NCC(c4ccccc4)c4ccccc4)nc(CNS(=O)(=O)C(C)C)nc32)C1O. The highest BCUT2D eigenvalue weighted by atomic mass is 32.2. The van der Waals surface area contributed by atoms with E-state index in [-0.39, 0.29) is 30.5 Å². The average Bonchev–Trinajstić information content (AvgIpc) is 3.58. The van der Waals surface area contributed by atoms with E-state index in [9.17, 15) is 23.4 Å². The zero-order valence-corrected chi connectivity index (χ0v) is 25.5. The van der Waals surface area contributed by atoms with Gasteiger partial charge >= 0.3 is 0 Å². The molecule has 44 heavy (non-hydrogen) atoms. The summed E-state index contributed by atoms with van der Waals surface area (Å²) >= 11 is 0. The van der Waals surface area contributed by atoms with Gasteiger partial charge in [0.15, 0.2) is 28.8 Å². The number of rotatable bonds is 12. The summed E-state index contributed by atoms with van der Waals surface area (Å²) in [5.74, 6) is -0.322. The number of fused-ring (bicyclic) bond motifs is 1. The van der Waals surface area contributed by atoms with Crippen LogP contribution in [0.4, 0.5) is 5.82 Å². The standard InChI is InChI=1S/C30H37N7O6S/c1-4-31-29(39)30(40)17-43-28(25(30)38)37-18-33-24-26(35-23(36-27(24)37)16-34-44(41,42)19(2)3)32-15-22(20-11-7-5-8-12-20)21-13-9-6-10-14-21/h5-14,18-19,22,25,28,34,38,40H,4,15-17H2,1-3H3,(H,31,39)(H,32,35,36). The highest BCUT2D eigenvalue weighted by Crippen LogP contribution is 2.35. The second kappa shape index (κ2) is 13.0. The van der Waals surface area contributed by atoms with Gasteiger partial charge in [0.25, 0.3) is 5.91 Å². The van der Waals surface area contributed by atoms with Gasteiger partial charge in [0.2, 0.25) is 10.0 Å². The molecule has 13 nitrogen and oxygen atoms in total. The number of anilines is 1. The number of nitrogens with one attached hydrogen (secondary N) is 3. The van der Waals surface area contributed by atoms with Crippen LogP contribution in [0, 0.1) is 0 Å². The molecular weight excluding hydrogens is 586 g/mol. The molecule has 0 spiro atoms. The number of carbonyl (C=O) groups is 1. The lowest BCUT2D eigenvalue weighted by Gasteiger charge is -2.25. The van der Waals surface area contributed by atoms with Crippen LogP contribution in [0.1, 0.15) is 49.9 Å². The van der Waals surface area contributed by atoms with Crippen molar-refractivity contribution in [2.75, 3.05) is 25.0 Å². The molecule has 0 saturated carbocycles. The number of likely N-dealkylation sites (N-methyl/N-ethyl adjacent to an activating group) is 1. The number of ether oxygens (including phenoxy) is 1. The van der Waals surface area contributed by atoms with E-state index in [1.54, 1.807) is 20.8 Å². The van der Waals surface area contributed by atoms with Crippen LogP contribution in [0.5, 0.6) is 0 Å². The molecule has 0 aliphatic carbocycles. The number of benzene rings is 2. The lowest BCUT2D eigenvalue weighted by molar-refractivity contribution is -0.148. The zero-order chi connectivity index (χ0) is 31.5. The molecule has 5 rings (SSSR count). The van der Waals surface area contributed by atoms with Crippen molar-refractivity contribution < 1.29 is 28.2 Å². The Morgan fingerprint density at radius 2 is 1.73 bits per heavy atom. The predicted octanol–water partition coefficient (Wildman–Crippen LogP) is 1.66. The number of hydrogen-bond donors (Lipinski definition) is 5. The van der Waals surface area contributed by atoms with Crippen LogP contribution in [0.15, 0.2) is 67.0 Å². The van der Waals surface area contributed by atoms with Crippen LogP contribution in [0.25, 0.3) is 11.2 Å². The quantitative estimate of drug-likeness (QED) is 0.156. The van der Waals surface area contributed by atoms with E-state index >= 15 is 0 Å². The number of carbonyl (C=O) groups excluding carboxylic acids is 1. The minimum absolute atomic E-state index is 0.0561. The second-order valence-corrected chi connectivity index (χ2v) is 13.2. The molecule has 3 heterocycles. The van der Waals surface area contributed by atoms with Gasteiger partial charge in [0.1, 0.15) is 11.9 Å². The summed E-state index contributed by atoms with van der Waals surface area (Å²) in [4.78, 5) is 26.2. The fourth-order valence-corrected chi connectivity index (χ4v) is 5.71. The van der Waals surface area contributed by atoms with Gasteiger partial charge in [-0.1, -0.05) is 60.7 Å². The Labute approximate surface area is 255 Å². The van der Waals surface area contributed by atoms with E-state index in [1.807, 2.05) is 60.7 Å². The van der Waals surface area contributed by atoms with Crippen molar-refractivity contribution in [1.29, 1.82) is 0 Å². The zero-order valence-electron chi connectivity index (χ0n) is 24.7. The molecule has 4 aromatic rings. The van der Waals surface area contributed by atoms with Gasteiger partial charge in [-0.2, -0.15) is 0 Å². The van der Waals surface area contributed by atoms with Gasteiger partial charge in [-0.3, -0.25) is 9.36 Å². The number of aliphatic hydroxyl groups is 2. The molecule has 0 bridgehead atoms. The fraction of sp³-hybridized carbons (Fsp3) is 0.400. The van der Waals surface area contributed by atoms with Gasteiger partial charge in [0.05, 0.1) is 24.7 Å². The summed E-state index contributed by atoms with van der Waals surface area (Å²) in [6, 6.07) is 20.0. The molecule has 14 heteroatoms. The third-order valence-electron chi connectivity index (χ3n) is 7.64. The van der Waals surface area contributed by atoms with Gasteiger partial charge in [-0.15, -0.1) is 0 Å². The van der Waals surface area contributed by atoms with E-state index in [2.05, 4.69) is 30.3 Å². The number of amides is 1. The topological polar surface area (TPSA) is 181 Å².